The summed E-state index contributed by atoms with van der Waals surface area (Å²) in [6.07, 6.45) is -3.45. The fourth-order valence-electron chi connectivity index (χ4n) is 0.969. The molecule has 0 amide bonds. The lowest BCUT2D eigenvalue weighted by molar-refractivity contribution is -0.136. The Balaban J connectivity index is 3.17. The molecule has 0 aliphatic rings. The molecule has 0 saturated heterocycles. The number of carboxylic acids is 1. The quantitative estimate of drug-likeness (QED) is 0.684. The van der Waals surface area contributed by atoms with E-state index in [1.807, 2.05) is 0 Å². The van der Waals surface area contributed by atoms with Crippen LogP contribution in [-0.2, 0) is 11.2 Å². The van der Waals surface area contributed by atoms with Crippen molar-refractivity contribution in [2.75, 3.05) is 0 Å². The van der Waals surface area contributed by atoms with E-state index in [1.165, 1.54) is 0 Å². The highest BCUT2D eigenvalue weighted by Crippen LogP contribution is 2.24. The van der Waals surface area contributed by atoms with Crippen LogP contribution in [-0.4, -0.2) is 16.1 Å². The molecular weight excluding hydrogens is 326 g/mol. The molecule has 0 radical (unpaired) electrons. The Labute approximate surface area is 96.5 Å². The smallest absolute Gasteiger partial charge is 0.307 e. The molecule has 1 aromatic heterocycles. The lowest BCUT2D eigenvalue weighted by Crippen LogP contribution is -2.07. The van der Waals surface area contributed by atoms with Gasteiger partial charge in [0.05, 0.1) is 12.0 Å². The van der Waals surface area contributed by atoms with E-state index in [1.54, 1.807) is 22.6 Å². The lowest BCUT2D eigenvalue weighted by atomic mass is 10.1. The first kappa shape index (κ1) is 12.2. The molecule has 1 heterocycles. The molecular formula is C8H5F3INO2. The predicted octanol–water partition coefficient (Wildman–Crippen LogP) is 2.39. The summed E-state index contributed by atoms with van der Waals surface area (Å²) in [5.74, 6) is -2.44. The van der Waals surface area contributed by atoms with Gasteiger partial charge in [0.1, 0.15) is 3.70 Å². The van der Waals surface area contributed by atoms with E-state index in [2.05, 4.69) is 4.98 Å². The number of hydrogen-bond acceptors (Lipinski definition) is 2. The first-order chi connectivity index (χ1) is 6.91. The van der Waals surface area contributed by atoms with Crippen molar-refractivity contribution < 1.29 is 23.1 Å². The van der Waals surface area contributed by atoms with Crippen LogP contribution in [0.2, 0.25) is 0 Å². The second-order valence-corrected chi connectivity index (χ2v) is 3.71. The van der Waals surface area contributed by atoms with Gasteiger partial charge < -0.3 is 5.11 Å². The SMILES string of the molecule is O=C(O)Cc1cc(C(F)F)c(F)nc1I. The van der Waals surface area contributed by atoms with Crippen LogP contribution in [0.5, 0.6) is 0 Å². The number of halogens is 4. The van der Waals surface area contributed by atoms with Crippen molar-refractivity contribution >= 4 is 28.6 Å². The zero-order valence-electron chi connectivity index (χ0n) is 7.18. The molecule has 0 aliphatic heterocycles. The molecule has 0 fully saturated rings. The number of nitrogens with zero attached hydrogens (tertiary/aromatic N) is 1. The molecule has 0 saturated carbocycles. The van der Waals surface area contributed by atoms with Crippen molar-refractivity contribution in [3.8, 4) is 0 Å². The van der Waals surface area contributed by atoms with E-state index in [0.717, 1.165) is 6.07 Å². The maximum atomic E-state index is 12.9. The minimum atomic E-state index is -3.00. The topological polar surface area (TPSA) is 50.2 Å². The standard InChI is InChI=1S/C8H5F3INO2/c9-6(10)4-1-3(2-5(14)15)8(12)13-7(4)11/h1,6H,2H2,(H,14,15). The third kappa shape index (κ3) is 3.05. The zero-order valence-corrected chi connectivity index (χ0v) is 9.33. The maximum Gasteiger partial charge on any atom is 0.307 e. The fraction of sp³-hybridized carbons (Fsp3) is 0.250. The van der Waals surface area contributed by atoms with Crippen molar-refractivity contribution in [1.29, 1.82) is 0 Å². The Morgan fingerprint density at radius 2 is 2.20 bits per heavy atom. The van der Waals surface area contributed by atoms with Gasteiger partial charge in [0.25, 0.3) is 6.43 Å². The largest absolute Gasteiger partial charge is 0.481 e. The van der Waals surface area contributed by atoms with Crippen LogP contribution in [0.1, 0.15) is 17.6 Å². The van der Waals surface area contributed by atoms with Crippen LogP contribution in [0.3, 0.4) is 0 Å². The number of hydrogen-bond donors (Lipinski definition) is 1. The maximum absolute atomic E-state index is 12.9. The zero-order chi connectivity index (χ0) is 11.6. The van der Waals surface area contributed by atoms with Crippen molar-refractivity contribution in [2.24, 2.45) is 0 Å². The Bertz CT molecular complexity index is 398. The minimum Gasteiger partial charge on any atom is -0.481 e. The molecule has 15 heavy (non-hydrogen) atoms. The molecule has 3 nitrogen and oxygen atoms in total. The van der Waals surface area contributed by atoms with E-state index in [9.17, 15) is 18.0 Å². The number of carboxylic acid groups (broad SMARTS) is 1. The van der Waals surface area contributed by atoms with Crippen LogP contribution < -0.4 is 0 Å². The molecule has 0 unspecified atom stereocenters. The van der Waals surface area contributed by atoms with Crippen molar-refractivity contribution in [2.45, 2.75) is 12.8 Å². The fourth-order valence-corrected chi connectivity index (χ4v) is 1.53. The average Bonchev–Trinajstić information content (AvgIpc) is 2.08. The Kier molecular flexibility index (Phi) is 3.89. The molecule has 82 valence electrons. The van der Waals surface area contributed by atoms with Crippen LogP contribution in [0.25, 0.3) is 0 Å². The molecule has 1 aromatic rings. The van der Waals surface area contributed by atoms with Crippen LogP contribution in [0.4, 0.5) is 13.2 Å². The number of pyridine rings is 1. The van der Waals surface area contributed by atoms with Gasteiger partial charge in [0, 0.05) is 0 Å². The molecule has 0 atom stereocenters. The summed E-state index contributed by atoms with van der Waals surface area (Å²) in [6, 6.07) is 0.836. The van der Waals surface area contributed by atoms with Crippen LogP contribution in [0.15, 0.2) is 6.07 Å². The monoisotopic (exact) mass is 331 g/mol. The second-order valence-electron chi connectivity index (χ2n) is 2.69. The molecule has 0 aromatic carbocycles. The summed E-state index contributed by atoms with van der Waals surface area (Å²) in [4.78, 5) is 13.6. The number of rotatable bonds is 3. The molecule has 1 rings (SSSR count). The average molecular weight is 331 g/mol. The Morgan fingerprint density at radius 3 is 2.67 bits per heavy atom. The van der Waals surface area contributed by atoms with Gasteiger partial charge in [0.15, 0.2) is 0 Å². The summed E-state index contributed by atoms with van der Waals surface area (Å²) < 4.78 is 37.5. The summed E-state index contributed by atoms with van der Waals surface area (Å²) in [5, 5.41) is 8.48. The predicted molar refractivity (Wildman–Crippen MR) is 53.2 cm³/mol. The van der Waals surface area contributed by atoms with Gasteiger partial charge in [-0.05, 0) is 34.2 Å². The van der Waals surface area contributed by atoms with Crippen molar-refractivity contribution in [3.05, 3.63) is 26.8 Å². The second kappa shape index (κ2) is 4.77. The number of aliphatic carboxylic acids is 1. The van der Waals surface area contributed by atoms with Crippen molar-refractivity contribution in [3.63, 3.8) is 0 Å². The third-order valence-corrected chi connectivity index (χ3v) is 2.54. The lowest BCUT2D eigenvalue weighted by Gasteiger charge is -2.05. The number of carbonyl (C=O) groups is 1. The Morgan fingerprint density at radius 1 is 1.60 bits per heavy atom. The first-order valence-corrected chi connectivity index (χ1v) is 4.84. The van der Waals surface area contributed by atoms with E-state index < -0.39 is 30.3 Å². The van der Waals surface area contributed by atoms with Crippen LogP contribution in [0, 0.1) is 9.65 Å². The normalized spacial score (nSPS) is 10.7. The highest BCUT2D eigenvalue weighted by molar-refractivity contribution is 14.1. The summed E-state index contributed by atoms with van der Waals surface area (Å²) in [6.45, 7) is 0. The van der Waals surface area contributed by atoms with E-state index in [0.29, 0.717) is 0 Å². The van der Waals surface area contributed by atoms with E-state index in [4.69, 9.17) is 5.11 Å². The van der Waals surface area contributed by atoms with Gasteiger partial charge in [-0.25, -0.2) is 13.8 Å². The molecule has 0 bridgehead atoms. The van der Waals surface area contributed by atoms with Gasteiger partial charge >= 0.3 is 5.97 Å². The van der Waals surface area contributed by atoms with Crippen LogP contribution >= 0.6 is 22.6 Å². The number of alkyl halides is 2. The molecule has 0 aliphatic carbocycles. The van der Waals surface area contributed by atoms with Gasteiger partial charge in [-0.1, -0.05) is 0 Å². The molecule has 1 N–H and O–H groups in total. The third-order valence-electron chi connectivity index (χ3n) is 1.61. The van der Waals surface area contributed by atoms with E-state index in [-0.39, 0.29) is 9.26 Å². The molecule has 0 spiro atoms. The van der Waals surface area contributed by atoms with Gasteiger partial charge in [-0.3, -0.25) is 4.79 Å². The number of aromatic nitrogens is 1. The Hall–Kier alpha value is -0.860. The summed E-state index contributed by atoms with van der Waals surface area (Å²) in [5.41, 5.74) is -0.786. The summed E-state index contributed by atoms with van der Waals surface area (Å²) in [7, 11) is 0. The van der Waals surface area contributed by atoms with Crippen molar-refractivity contribution in [1.82, 2.24) is 4.98 Å². The van der Waals surface area contributed by atoms with Gasteiger partial charge in [-0.2, -0.15) is 4.39 Å². The minimum absolute atomic E-state index is 0.0805. The van der Waals surface area contributed by atoms with Gasteiger partial charge in [-0.15, -0.1) is 0 Å². The molecule has 7 heteroatoms. The highest BCUT2D eigenvalue weighted by atomic mass is 127. The summed E-state index contributed by atoms with van der Waals surface area (Å²) >= 11 is 1.60. The van der Waals surface area contributed by atoms with Gasteiger partial charge in [0.2, 0.25) is 5.95 Å². The highest BCUT2D eigenvalue weighted by Gasteiger charge is 2.18. The van der Waals surface area contributed by atoms with E-state index >= 15 is 0 Å². The first-order valence-electron chi connectivity index (χ1n) is 3.76.